The van der Waals surface area contributed by atoms with Gasteiger partial charge in [-0.25, -0.2) is 0 Å². The summed E-state index contributed by atoms with van der Waals surface area (Å²) in [6.45, 7) is 5.73. The highest BCUT2D eigenvalue weighted by molar-refractivity contribution is 8.00. The predicted molar refractivity (Wildman–Crippen MR) is 86.5 cm³/mol. The summed E-state index contributed by atoms with van der Waals surface area (Å²) in [5, 5.41) is 11.3. The van der Waals surface area contributed by atoms with E-state index in [1.807, 2.05) is 49.6 Å². The Hall–Kier alpha value is -2.02. The normalized spacial score (nSPS) is 12.2. The number of aromatic nitrogens is 3. The molecule has 1 aromatic carbocycles. The van der Waals surface area contributed by atoms with Gasteiger partial charge in [-0.15, -0.1) is 10.2 Å². The van der Waals surface area contributed by atoms with Gasteiger partial charge >= 0.3 is 0 Å². The monoisotopic (exact) mass is 320 g/mol. The lowest BCUT2D eigenvalue weighted by atomic mass is 10.3. The SMILES string of the molecule is COc1ccccc1-n1cnnc1SC(C)C(=O)NC(C)C. The molecular weight excluding hydrogens is 300 g/mol. The minimum absolute atomic E-state index is 0.0189. The first kappa shape index (κ1) is 16.4. The van der Waals surface area contributed by atoms with Crippen LogP contribution in [0.3, 0.4) is 0 Å². The molecule has 1 N–H and O–H groups in total. The average molecular weight is 320 g/mol. The number of para-hydroxylation sites is 2. The second-order valence-electron chi connectivity index (χ2n) is 5.08. The molecule has 7 heteroatoms. The first-order valence-corrected chi connectivity index (χ1v) is 7.91. The Morgan fingerprint density at radius 3 is 2.73 bits per heavy atom. The number of methoxy groups -OCH3 is 1. The molecule has 0 radical (unpaired) electrons. The van der Waals surface area contributed by atoms with Crippen LogP contribution in [0.1, 0.15) is 20.8 Å². The van der Waals surface area contributed by atoms with Crippen molar-refractivity contribution in [2.45, 2.75) is 37.2 Å². The molecule has 0 spiro atoms. The number of ether oxygens (including phenoxy) is 1. The van der Waals surface area contributed by atoms with Gasteiger partial charge in [0.1, 0.15) is 12.1 Å². The van der Waals surface area contributed by atoms with Crippen molar-refractivity contribution in [2.24, 2.45) is 0 Å². The van der Waals surface area contributed by atoms with Crippen molar-refractivity contribution in [3.8, 4) is 11.4 Å². The van der Waals surface area contributed by atoms with Gasteiger partial charge in [-0.05, 0) is 32.9 Å². The highest BCUT2D eigenvalue weighted by Gasteiger charge is 2.19. The minimum atomic E-state index is -0.264. The van der Waals surface area contributed by atoms with Crippen molar-refractivity contribution < 1.29 is 9.53 Å². The molecule has 0 saturated heterocycles. The first-order valence-electron chi connectivity index (χ1n) is 7.03. The number of hydrogen-bond donors (Lipinski definition) is 1. The van der Waals surface area contributed by atoms with Gasteiger partial charge in [0.15, 0.2) is 5.16 Å². The molecule has 0 aliphatic rings. The molecule has 0 saturated carbocycles. The number of thioether (sulfide) groups is 1. The zero-order chi connectivity index (χ0) is 16.1. The smallest absolute Gasteiger partial charge is 0.233 e. The maximum Gasteiger partial charge on any atom is 0.233 e. The largest absolute Gasteiger partial charge is 0.495 e. The molecule has 0 aliphatic heterocycles. The highest BCUT2D eigenvalue weighted by Crippen LogP contribution is 2.28. The lowest BCUT2D eigenvalue weighted by Gasteiger charge is -2.15. The predicted octanol–water partition coefficient (Wildman–Crippen LogP) is 2.28. The molecule has 1 unspecified atom stereocenters. The summed E-state index contributed by atoms with van der Waals surface area (Å²) in [7, 11) is 1.62. The zero-order valence-corrected chi connectivity index (χ0v) is 13.9. The Balaban J connectivity index is 2.21. The number of hydrogen-bond acceptors (Lipinski definition) is 5. The van der Waals surface area contributed by atoms with Gasteiger partial charge in [-0.2, -0.15) is 0 Å². The van der Waals surface area contributed by atoms with Crippen LogP contribution < -0.4 is 10.1 Å². The van der Waals surface area contributed by atoms with Gasteiger partial charge in [-0.3, -0.25) is 9.36 Å². The quantitative estimate of drug-likeness (QED) is 0.827. The molecule has 0 fully saturated rings. The standard InChI is InChI=1S/C15H20N4O2S/c1-10(2)17-14(20)11(3)22-15-18-16-9-19(15)12-7-5-6-8-13(12)21-4/h5-11H,1-4H3,(H,17,20). The highest BCUT2D eigenvalue weighted by atomic mass is 32.2. The Labute approximate surface area is 134 Å². The van der Waals surface area contributed by atoms with Gasteiger partial charge in [0, 0.05) is 6.04 Å². The summed E-state index contributed by atoms with van der Waals surface area (Å²) in [6, 6.07) is 7.73. The average Bonchev–Trinajstić information content (AvgIpc) is 2.94. The second kappa shape index (κ2) is 7.31. The zero-order valence-electron chi connectivity index (χ0n) is 13.1. The maximum atomic E-state index is 12.0. The van der Waals surface area contributed by atoms with Crippen LogP contribution in [0.4, 0.5) is 0 Å². The summed E-state index contributed by atoms with van der Waals surface area (Å²) in [5.41, 5.74) is 0.842. The van der Waals surface area contributed by atoms with Crippen LogP contribution in [0.5, 0.6) is 5.75 Å². The van der Waals surface area contributed by atoms with E-state index >= 15 is 0 Å². The third-order valence-electron chi connectivity index (χ3n) is 2.94. The Morgan fingerprint density at radius 2 is 2.05 bits per heavy atom. The summed E-state index contributed by atoms with van der Waals surface area (Å²) < 4.78 is 7.19. The first-order chi connectivity index (χ1) is 10.5. The Morgan fingerprint density at radius 1 is 1.32 bits per heavy atom. The Bertz CT molecular complexity index is 642. The molecule has 22 heavy (non-hydrogen) atoms. The third kappa shape index (κ3) is 3.79. The molecule has 118 valence electrons. The van der Waals surface area contributed by atoms with Crippen molar-refractivity contribution in [3.63, 3.8) is 0 Å². The van der Waals surface area contributed by atoms with Gasteiger partial charge < -0.3 is 10.1 Å². The number of amides is 1. The summed E-state index contributed by atoms with van der Waals surface area (Å²) >= 11 is 1.36. The molecule has 1 amide bonds. The number of carbonyl (C=O) groups is 1. The van der Waals surface area contributed by atoms with Crippen LogP contribution in [0.25, 0.3) is 5.69 Å². The van der Waals surface area contributed by atoms with Crippen molar-refractivity contribution in [3.05, 3.63) is 30.6 Å². The molecule has 1 heterocycles. The second-order valence-corrected chi connectivity index (χ2v) is 6.39. The lowest BCUT2D eigenvalue weighted by molar-refractivity contribution is -0.120. The minimum Gasteiger partial charge on any atom is -0.495 e. The van der Waals surface area contributed by atoms with Crippen molar-refractivity contribution in [2.75, 3.05) is 7.11 Å². The van der Waals surface area contributed by atoms with Crippen LogP contribution in [0.15, 0.2) is 35.7 Å². The fourth-order valence-corrected chi connectivity index (χ4v) is 2.76. The number of carbonyl (C=O) groups excluding carboxylic acids is 1. The summed E-state index contributed by atoms with van der Waals surface area (Å²) in [6.07, 6.45) is 1.62. The van der Waals surface area contributed by atoms with Gasteiger partial charge in [0.25, 0.3) is 0 Å². The van der Waals surface area contributed by atoms with E-state index in [4.69, 9.17) is 4.74 Å². The number of rotatable bonds is 6. The third-order valence-corrected chi connectivity index (χ3v) is 4.00. The van der Waals surface area contributed by atoms with E-state index < -0.39 is 0 Å². The molecule has 0 aliphatic carbocycles. The molecule has 2 rings (SSSR count). The van der Waals surface area contributed by atoms with Crippen molar-refractivity contribution >= 4 is 17.7 Å². The molecule has 0 bridgehead atoms. The van der Waals surface area contributed by atoms with Crippen LogP contribution in [0, 0.1) is 0 Å². The van der Waals surface area contributed by atoms with E-state index in [0.29, 0.717) is 5.16 Å². The fraction of sp³-hybridized carbons (Fsp3) is 0.400. The molecule has 2 aromatic rings. The number of nitrogens with one attached hydrogen (secondary N) is 1. The molecule has 6 nitrogen and oxygen atoms in total. The van der Waals surface area contributed by atoms with Crippen LogP contribution in [-0.4, -0.2) is 39.1 Å². The van der Waals surface area contributed by atoms with Gasteiger partial charge in [0.2, 0.25) is 5.91 Å². The maximum absolute atomic E-state index is 12.0. The lowest BCUT2D eigenvalue weighted by Crippen LogP contribution is -2.36. The van der Waals surface area contributed by atoms with Crippen LogP contribution in [0.2, 0.25) is 0 Å². The van der Waals surface area contributed by atoms with E-state index in [1.165, 1.54) is 11.8 Å². The van der Waals surface area contributed by atoms with E-state index in [2.05, 4.69) is 15.5 Å². The van der Waals surface area contributed by atoms with E-state index in [9.17, 15) is 4.79 Å². The van der Waals surface area contributed by atoms with E-state index in [0.717, 1.165) is 11.4 Å². The fourth-order valence-electron chi connectivity index (χ4n) is 1.91. The summed E-state index contributed by atoms with van der Waals surface area (Å²) in [5.74, 6) is 0.706. The van der Waals surface area contributed by atoms with Crippen molar-refractivity contribution in [1.82, 2.24) is 20.1 Å². The number of benzene rings is 1. The molecule has 1 atom stereocenters. The van der Waals surface area contributed by atoms with Gasteiger partial charge in [0.05, 0.1) is 18.0 Å². The van der Waals surface area contributed by atoms with E-state index in [1.54, 1.807) is 13.4 Å². The van der Waals surface area contributed by atoms with Crippen LogP contribution in [-0.2, 0) is 4.79 Å². The molecule has 1 aromatic heterocycles. The van der Waals surface area contributed by atoms with Crippen LogP contribution >= 0.6 is 11.8 Å². The van der Waals surface area contributed by atoms with Crippen molar-refractivity contribution in [1.29, 1.82) is 0 Å². The topological polar surface area (TPSA) is 69.0 Å². The number of nitrogens with zero attached hydrogens (tertiary/aromatic N) is 3. The molecular formula is C15H20N4O2S. The Kier molecular flexibility index (Phi) is 5.43. The van der Waals surface area contributed by atoms with Gasteiger partial charge in [-0.1, -0.05) is 23.9 Å². The van der Waals surface area contributed by atoms with E-state index in [-0.39, 0.29) is 17.2 Å². The summed E-state index contributed by atoms with van der Waals surface area (Å²) in [4.78, 5) is 12.0.